The largest absolute Gasteiger partial charge is 0.493 e. The van der Waals surface area contributed by atoms with Gasteiger partial charge in [0, 0.05) is 43.0 Å². The van der Waals surface area contributed by atoms with Gasteiger partial charge >= 0.3 is 0 Å². The third-order valence-electron chi connectivity index (χ3n) is 6.52. The number of unbranched alkanes of at least 4 members (excludes halogenated alkanes) is 2. The van der Waals surface area contributed by atoms with Crippen molar-refractivity contribution in [3.63, 3.8) is 0 Å². The predicted octanol–water partition coefficient (Wildman–Crippen LogP) is 6.09. The number of carbonyl (C=O) groups excluding carboxylic acids is 2. The number of amides is 1. The van der Waals surface area contributed by atoms with Crippen LogP contribution in [0.25, 0.3) is 11.1 Å². The molecular weight excluding hydrogens is 488 g/mol. The first kappa shape index (κ1) is 27.7. The monoisotopic (exact) mass is 522 g/mol. The number of carbonyl (C=O) groups is 2. The molecular formula is C33H34N2O4. The molecule has 0 aliphatic rings. The van der Waals surface area contributed by atoms with Gasteiger partial charge in [0.2, 0.25) is 0 Å². The van der Waals surface area contributed by atoms with Crippen LogP contribution < -0.4 is 4.74 Å². The zero-order chi connectivity index (χ0) is 27.3. The van der Waals surface area contributed by atoms with E-state index in [-0.39, 0.29) is 11.7 Å². The van der Waals surface area contributed by atoms with Crippen LogP contribution in [0.4, 0.5) is 0 Å². The van der Waals surface area contributed by atoms with E-state index in [0.717, 1.165) is 47.3 Å². The second-order valence-electron chi connectivity index (χ2n) is 9.42. The summed E-state index contributed by atoms with van der Waals surface area (Å²) in [5, 5.41) is 8.85. The topological polar surface area (TPSA) is 79.7 Å². The standard InChI is InChI=1S/C33H34N2O4/c36-25-31(37)12-5-2-8-22-39-32-13-7-6-11-30(32)24-35(23-26-9-3-1-4-10-26)33(38)29-16-14-27(15-17-29)28-18-20-34-21-19-28/h1,3-4,6-7,9-11,13-21,36H,2,5,8,12,22-25H2. The summed E-state index contributed by atoms with van der Waals surface area (Å²) in [6, 6.07) is 29.4. The number of rotatable bonds is 14. The molecule has 0 radical (unpaired) electrons. The highest BCUT2D eigenvalue weighted by Gasteiger charge is 2.19. The molecule has 4 rings (SSSR count). The van der Waals surface area contributed by atoms with Crippen LogP contribution in [0.5, 0.6) is 5.75 Å². The summed E-state index contributed by atoms with van der Waals surface area (Å²) < 4.78 is 6.09. The van der Waals surface area contributed by atoms with Gasteiger partial charge in [0.25, 0.3) is 5.91 Å². The molecule has 0 saturated heterocycles. The molecule has 200 valence electrons. The zero-order valence-electron chi connectivity index (χ0n) is 22.0. The van der Waals surface area contributed by atoms with E-state index >= 15 is 0 Å². The smallest absolute Gasteiger partial charge is 0.254 e. The van der Waals surface area contributed by atoms with Crippen LogP contribution in [-0.4, -0.2) is 39.9 Å². The third kappa shape index (κ3) is 8.35. The summed E-state index contributed by atoms with van der Waals surface area (Å²) in [6.45, 7) is 1.00. The van der Waals surface area contributed by atoms with Crippen LogP contribution in [-0.2, 0) is 17.9 Å². The van der Waals surface area contributed by atoms with Crippen LogP contribution in [0.3, 0.4) is 0 Å². The minimum atomic E-state index is -0.392. The number of ether oxygens (including phenoxy) is 1. The van der Waals surface area contributed by atoms with Gasteiger partial charge in [-0.25, -0.2) is 0 Å². The molecule has 0 aliphatic carbocycles. The van der Waals surface area contributed by atoms with Crippen molar-refractivity contribution >= 4 is 11.7 Å². The lowest BCUT2D eigenvalue weighted by molar-refractivity contribution is -0.121. The van der Waals surface area contributed by atoms with Crippen LogP contribution >= 0.6 is 0 Å². The average molecular weight is 523 g/mol. The Morgan fingerprint density at radius 1 is 0.744 bits per heavy atom. The van der Waals surface area contributed by atoms with Gasteiger partial charge in [0.15, 0.2) is 5.78 Å². The summed E-state index contributed by atoms with van der Waals surface area (Å²) in [6.07, 6.45) is 6.31. The summed E-state index contributed by atoms with van der Waals surface area (Å²) in [5.41, 5.74) is 4.69. The normalized spacial score (nSPS) is 10.7. The number of benzene rings is 3. The number of hydrogen-bond donors (Lipinski definition) is 1. The maximum Gasteiger partial charge on any atom is 0.254 e. The van der Waals surface area contributed by atoms with Crippen LogP contribution in [0.15, 0.2) is 103 Å². The van der Waals surface area contributed by atoms with Gasteiger partial charge in [-0.1, -0.05) is 60.7 Å². The molecule has 0 saturated carbocycles. The molecule has 3 aromatic carbocycles. The molecule has 0 bridgehead atoms. The van der Waals surface area contributed by atoms with E-state index in [0.29, 0.717) is 31.7 Å². The summed E-state index contributed by atoms with van der Waals surface area (Å²) >= 11 is 0. The Labute approximate surface area is 229 Å². The Morgan fingerprint density at radius 3 is 2.18 bits per heavy atom. The number of Topliss-reactive ketones (excluding diaryl/α,β-unsaturated/α-hetero) is 1. The maximum atomic E-state index is 13.8. The molecule has 6 nitrogen and oxygen atoms in total. The molecule has 1 N–H and O–H groups in total. The van der Waals surface area contributed by atoms with Crippen molar-refractivity contribution in [3.05, 3.63) is 120 Å². The SMILES string of the molecule is O=C(CO)CCCCCOc1ccccc1CN(Cc1ccccc1)C(=O)c1ccc(-c2ccncc2)cc1. The first-order valence-corrected chi connectivity index (χ1v) is 13.3. The number of aliphatic hydroxyl groups is 1. The van der Waals surface area contributed by atoms with Crippen molar-refractivity contribution in [2.45, 2.75) is 38.8 Å². The highest BCUT2D eigenvalue weighted by atomic mass is 16.5. The van der Waals surface area contributed by atoms with E-state index in [4.69, 9.17) is 9.84 Å². The lowest BCUT2D eigenvalue weighted by atomic mass is 10.0. The number of hydrogen-bond acceptors (Lipinski definition) is 5. The van der Waals surface area contributed by atoms with E-state index in [1.54, 1.807) is 12.4 Å². The second kappa shape index (κ2) is 14.6. The lowest BCUT2D eigenvalue weighted by Gasteiger charge is -2.24. The Hall–Kier alpha value is -4.29. The number of aliphatic hydroxyl groups excluding tert-OH is 1. The van der Waals surface area contributed by atoms with Crippen molar-refractivity contribution < 1.29 is 19.4 Å². The number of pyridine rings is 1. The van der Waals surface area contributed by atoms with Crippen molar-refractivity contribution in [2.24, 2.45) is 0 Å². The average Bonchev–Trinajstić information content (AvgIpc) is 2.99. The molecule has 0 unspecified atom stereocenters. The number of aromatic nitrogens is 1. The van der Waals surface area contributed by atoms with Crippen LogP contribution in [0.2, 0.25) is 0 Å². The van der Waals surface area contributed by atoms with Gasteiger partial charge in [0.05, 0.1) is 6.61 Å². The summed E-state index contributed by atoms with van der Waals surface area (Å²) in [5.74, 6) is 0.572. The highest BCUT2D eigenvalue weighted by Crippen LogP contribution is 2.24. The molecule has 1 aromatic heterocycles. The molecule has 0 aliphatic heterocycles. The molecule has 39 heavy (non-hydrogen) atoms. The van der Waals surface area contributed by atoms with Crippen molar-refractivity contribution in [1.82, 2.24) is 9.88 Å². The molecule has 1 heterocycles. The molecule has 6 heteroatoms. The van der Waals surface area contributed by atoms with Gasteiger partial charge in [-0.15, -0.1) is 0 Å². The predicted molar refractivity (Wildman–Crippen MR) is 152 cm³/mol. The Kier molecular flexibility index (Phi) is 10.4. The van der Waals surface area contributed by atoms with Crippen LogP contribution in [0, 0.1) is 0 Å². The number of para-hydroxylation sites is 1. The lowest BCUT2D eigenvalue weighted by Crippen LogP contribution is -2.30. The van der Waals surface area contributed by atoms with E-state index in [1.807, 2.05) is 95.9 Å². The van der Waals surface area contributed by atoms with Gasteiger partial charge < -0.3 is 14.7 Å². The van der Waals surface area contributed by atoms with E-state index in [9.17, 15) is 9.59 Å². The van der Waals surface area contributed by atoms with Gasteiger partial charge in [-0.3, -0.25) is 14.6 Å². The first-order chi connectivity index (χ1) is 19.1. The fourth-order valence-corrected chi connectivity index (χ4v) is 4.38. The number of nitrogens with zero attached hydrogens (tertiary/aromatic N) is 2. The minimum Gasteiger partial charge on any atom is -0.493 e. The maximum absolute atomic E-state index is 13.8. The fraction of sp³-hybridized carbons (Fsp3) is 0.242. The molecule has 4 aromatic rings. The number of ketones is 1. The van der Waals surface area contributed by atoms with Crippen molar-refractivity contribution in [2.75, 3.05) is 13.2 Å². The Morgan fingerprint density at radius 2 is 1.44 bits per heavy atom. The van der Waals surface area contributed by atoms with Crippen molar-refractivity contribution in [3.8, 4) is 16.9 Å². The summed E-state index contributed by atoms with van der Waals surface area (Å²) in [7, 11) is 0. The first-order valence-electron chi connectivity index (χ1n) is 13.3. The summed E-state index contributed by atoms with van der Waals surface area (Å²) in [4.78, 5) is 30.9. The van der Waals surface area contributed by atoms with E-state index in [2.05, 4.69) is 4.98 Å². The van der Waals surface area contributed by atoms with E-state index in [1.165, 1.54) is 0 Å². The van der Waals surface area contributed by atoms with Gasteiger partial charge in [0.1, 0.15) is 12.4 Å². The third-order valence-corrected chi connectivity index (χ3v) is 6.52. The fourth-order valence-electron chi connectivity index (χ4n) is 4.38. The van der Waals surface area contributed by atoms with E-state index < -0.39 is 6.61 Å². The minimum absolute atomic E-state index is 0.0523. The zero-order valence-corrected chi connectivity index (χ0v) is 22.0. The highest BCUT2D eigenvalue weighted by molar-refractivity contribution is 5.94. The Bertz CT molecular complexity index is 1320. The van der Waals surface area contributed by atoms with Crippen LogP contribution in [0.1, 0.15) is 47.2 Å². The molecule has 0 atom stereocenters. The quantitative estimate of drug-likeness (QED) is 0.203. The van der Waals surface area contributed by atoms with Gasteiger partial charge in [-0.05, 0) is 66.3 Å². The molecule has 1 amide bonds. The van der Waals surface area contributed by atoms with Crippen molar-refractivity contribution in [1.29, 1.82) is 0 Å². The molecule has 0 spiro atoms. The second-order valence-corrected chi connectivity index (χ2v) is 9.42. The Balaban J connectivity index is 1.46. The van der Waals surface area contributed by atoms with Gasteiger partial charge in [-0.2, -0.15) is 0 Å². The molecule has 0 fully saturated rings.